The highest BCUT2D eigenvalue weighted by Crippen LogP contribution is 2.31. The maximum atomic E-state index is 12.6. The number of amides is 1. The molecule has 1 saturated heterocycles. The van der Waals surface area contributed by atoms with Gasteiger partial charge in [0.05, 0.1) is 10.4 Å². The van der Waals surface area contributed by atoms with Gasteiger partial charge in [-0.25, -0.2) is 4.98 Å². The maximum absolute atomic E-state index is 12.6. The first kappa shape index (κ1) is 14.2. The third-order valence-corrected chi connectivity index (χ3v) is 6.03. The molecule has 0 spiro atoms. The Morgan fingerprint density at radius 1 is 1.36 bits per heavy atom. The molecule has 4 heterocycles. The molecule has 1 amide bonds. The van der Waals surface area contributed by atoms with Crippen molar-refractivity contribution in [1.29, 1.82) is 0 Å². The average Bonchev–Trinajstić information content (AvgIpc) is 2.95. The van der Waals surface area contributed by atoms with Crippen molar-refractivity contribution in [2.45, 2.75) is 13.0 Å². The van der Waals surface area contributed by atoms with Crippen molar-refractivity contribution in [1.82, 2.24) is 9.88 Å². The van der Waals surface area contributed by atoms with E-state index in [0.717, 1.165) is 42.9 Å². The predicted octanol–water partition coefficient (Wildman–Crippen LogP) is 2.93. The van der Waals surface area contributed by atoms with Gasteiger partial charge in [0, 0.05) is 37.3 Å². The molecule has 6 heteroatoms. The molecule has 4 rings (SSSR count). The van der Waals surface area contributed by atoms with E-state index in [1.54, 1.807) is 17.5 Å². The maximum Gasteiger partial charge on any atom is 0.229 e. The lowest BCUT2D eigenvalue weighted by Crippen LogP contribution is -2.55. The van der Waals surface area contributed by atoms with E-state index in [1.807, 2.05) is 17.0 Å². The summed E-state index contributed by atoms with van der Waals surface area (Å²) in [5, 5.41) is 2.13. The summed E-state index contributed by atoms with van der Waals surface area (Å²) in [4.78, 5) is 22.6. The third kappa shape index (κ3) is 2.44. The van der Waals surface area contributed by atoms with E-state index in [4.69, 9.17) is 0 Å². The molecule has 2 aromatic rings. The predicted molar refractivity (Wildman–Crippen MR) is 91.1 cm³/mol. The van der Waals surface area contributed by atoms with E-state index in [9.17, 15) is 4.79 Å². The minimum absolute atomic E-state index is 0.106. The number of aromatic nitrogens is 1. The third-order valence-electron chi connectivity index (χ3n) is 4.39. The fraction of sp³-hybridized carbons (Fsp3) is 0.375. The minimum Gasteiger partial charge on any atom is -0.354 e. The first-order valence-electron chi connectivity index (χ1n) is 7.42. The molecule has 0 bridgehead atoms. The molecule has 2 aliphatic heterocycles. The smallest absolute Gasteiger partial charge is 0.229 e. The number of pyridine rings is 1. The molecule has 0 aromatic carbocycles. The topological polar surface area (TPSA) is 36.4 Å². The van der Waals surface area contributed by atoms with Gasteiger partial charge in [-0.3, -0.25) is 4.79 Å². The zero-order valence-electron chi connectivity index (χ0n) is 12.0. The molecule has 1 fully saturated rings. The van der Waals surface area contributed by atoms with Crippen LogP contribution in [0.4, 0.5) is 5.82 Å². The van der Waals surface area contributed by atoms with Crippen molar-refractivity contribution in [3.05, 3.63) is 44.7 Å². The summed E-state index contributed by atoms with van der Waals surface area (Å²) >= 11 is 5.33. The van der Waals surface area contributed by atoms with Crippen LogP contribution in [-0.2, 0) is 17.8 Å². The summed E-state index contributed by atoms with van der Waals surface area (Å²) in [6.45, 7) is 3.17. The number of hydrogen-bond acceptors (Lipinski definition) is 4. The standard InChI is InChI=1S/C16H16BrN3OS/c17-13-2-1-5-18-15(13)20-9-12(10-20)16(21)19-6-3-14-11(8-19)4-7-22-14/h1-2,4-5,7,12H,3,6,8-10H2. The second-order valence-corrected chi connectivity index (χ2v) is 7.64. The van der Waals surface area contributed by atoms with Gasteiger partial charge in [0.25, 0.3) is 0 Å². The van der Waals surface area contributed by atoms with Gasteiger partial charge in [0.15, 0.2) is 0 Å². The zero-order chi connectivity index (χ0) is 15.1. The summed E-state index contributed by atoms with van der Waals surface area (Å²) < 4.78 is 0.988. The Kier molecular flexibility index (Phi) is 3.66. The number of halogens is 1. The molecule has 0 saturated carbocycles. The number of thiophene rings is 1. The fourth-order valence-corrected chi connectivity index (χ4v) is 4.51. The first-order valence-corrected chi connectivity index (χ1v) is 9.09. The average molecular weight is 378 g/mol. The van der Waals surface area contributed by atoms with Gasteiger partial charge >= 0.3 is 0 Å². The van der Waals surface area contributed by atoms with Crippen LogP contribution in [0.1, 0.15) is 10.4 Å². The fourth-order valence-electron chi connectivity index (χ4n) is 3.11. The lowest BCUT2D eigenvalue weighted by Gasteiger charge is -2.42. The lowest BCUT2D eigenvalue weighted by atomic mass is 9.97. The SMILES string of the molecule is O=C(C1CN(c2ncccc2Br)C1)N1CCc2sccc2C1. The van der Waals surface area contributed by atoms with Gasteiger partial charge in [-0.05, 0) is 51.5 Å². The molecule has 0 radical (unpaired) electrons. The van der Waals surface area contributed by atoms with E-state index in [0.29, 0.717) is 5.91 Å². The first-order chi connectivity index (χ1) is 10.7. The number of anilines is 1. The van der Waals surface area contributed by atoms with Crippen molar-refractivity contribution in [2.24, 2.45) is 5.92 Å². The second kappa shape index (κ2) is 5.66. The van der Waals surface area contributed by atoms with Crippen LogP contribution in [0.5, 0.6) is 0 Å². The van der Waals surface area contributed by atoms with Crippen molar-refractivity contribution < 1.29 is 4.79 Å². The summed E-state index contributed by atoms with van der Waals surface area (Å²) in [5.74, 6) is 1.33. The molecule has 2 aromatic heterocycles. The van der Waals surface area contributed by atoms with Gasteiger partial charge in [-0.2, -0.15) is 0 Å². The van der Waals surface area contributed by atoms with E-state index in [2.05, 4.69) is 37.3 Å². The largest absolute Gasteiger partial charge is 0.354 e. The van der Waals surface area contributed by atoms with Gasteiger partial charge in [0.2, 0.25) is 5.91 Å². The lowest BCUT2D eigenvalue weighted by molar-refractivity contribution is -0.137. The Hall–Kier alpha value is -1.40. The number of hydrogen-bond donors (Lipinski definition) is 0. The molecule has 4 nitrogen and oxygen atoms in total. The highest BCUT2D eigenvalue weighted by atomic mass is 79.9. The van der Waals surface area contributed by atoms with Crippen LogP contribution in [-0.4, -0.2) is 35.4 Å². The van der Waals surface area contributed by atoms with Crippen LogP contribution in [0, 0.1) is 5.92 Å². The Morgan fingerprint density at radius 2 is 2.23 bits per heavy atom. The number of fused-ring (bicyclic) bond motifs is 1. The van der Waals surface area contributed by atoms with Crippen LogP contribution in [0.15, 0.2) is 34.2 Å². The normalized spacial score (nSPS) is 18.0. The van der Waals surface area contributed by atoms with Crippen LogP contribution in [0.25, 0.3) is 0 Å². The molecule has 0 N–H and O–H groups in total. The summed E-state index contributed by atoms with van der Waals surface area (Å²) in [6.07, 6.45) is 2.79. The van der Waals surface area contributed by atoms with Crippen molar-refractivity contribution >= 4 is 39.0 Å². The Labute approximate surface area is 141 Å². The molecule has 22 heavy (non-hydrogen) atoms. The van der Waals surface area contributed by atoms with E-state index < -0.39 is 0 Å². The van der Waals surface area contributed by atoms with Gasteiger partial charge < -0.3 is 9.80 Å². The minimum atomic E-state index is 0.106. The molecule has 114 valence electrons. The number of carbonyl (C=O) groups is 1. The molecular weight excluding hydrogens is 362 g/mol. The molecule has 0 atom stereocenters. The van der Waals surface area contributed by atoms with Crippen LogP contribution in [0.3, 0.4) is 0 Å². The quantitative estimate of drug-likeness (QED) is 0.807. The van der Waals surface area contributed by atoms with Crippen LogP contribution >= 0.6 is 27.3 Å². The number of carbonyl (C=O) groups excluding carboxylic acids is 1. The van der Waals surface area contributed by atoms with E-state index in [-0.39, 0.29) is 5.92 Å². The Balaban J connectivity index is 1.39. The van der Waals surface area contributed by atoms with Crippen LogP contribution < -0.4 is 4.90 Å². The van der Waals surface area contributed by atoms with Crippen molar-refractivity contribution in [2.75, 3.05) is 24.5 Å². The molecular formula is C16H16BrN3OS. The highest BCUT2D eigenvalue weighted by molar-refractivity contribution is 9.10. The zero-order valence-corrected chi connectivity index (χ0v) is 14.4. The Bertz CT molecular complexity index is 711. The van der Waals surface area contributed by atoms with Crippen LogP contribution in [0.2, 0.25) is 0 Å². The van der Waals surface area contributed by atoms with E-state index >= 15 is 0 Å². The Morgan fingerprint density at radius 3 is 3.05 bits per heavy atom. The van der Waals surface area contributed by atoms with Gasteiger partial charge in [0.1, 0.15) is 5.82 Å². The highest BCUT2D eigenvalue weighted by Gasteiger charge is 2.37. The summed E-state index contributed by atoms with van der Waals surface area (Å²) in [7, 11) is 0. The van der Waals surface area contributed by atoms with Crippen molar-refractivity contribution in [3.63, 3.8) is 0 Å². The van der Waals surface area contributed by atoms with Gasteiger partial charge in [-0.1, -0.05) is 0 Å². The summed E-state index contributed by atoms with van der Waals surface area (Å²) in [6, 6.07) is 6.04. The molecule has 2 aliphatic rings. The van der Waals surface area contributed by atoms with Crippen molar-refractivity contribution in [3.8, 4) is 0 Å². The molecule has 0 unspecified atom stereocenters. The summed E-state index contributed by atoms with van der Waals surface area (Å²) in [5.41, 5.74) is 1.33. The second-order valence-electron chi connectivity index (χ2n) is 5.79. The monoisotopic (exact) mass is 377 g/mol. The molecule has 0 aliphatic carbocycles. The van der Waals surface area contributed by atoms with E-state index in [1.165, 1.54) is 10.4 Å². The number of rotatable bonds is 2. The number of nitrogens with zero attached hydrogens (tertiary/aromatic N) is 3. The van der Waals surface area contributed by atoms with Gasteiger partial charge in [-0.15, -0.1) is 11.3 Å².